The zero-order valence-electron chi connectivity index (χ0n) is 16.7. The molecule has 1 saturated carbocycles. The van der Waals surface area contributed by atoms with E-state index >= 15 is 0 Å². The van der Waals surface area contributed by atoms with Crippen LogP contribution < -0.4 is 10.9 Å². The molecule has 2 saturated heterocycles. The van der Waals surface area contributed by atoms with Gasteiger partial charge in [0.05, 0.1) is 6.04 Å². The van der Waals surface area contributed by atoms with Crippen molar-refractivity contribution in [3.8, 4) is 0 Å². The van der Waals surface area contributed by atoms with Gasteiger partial charge in [0.15, 0.2) is 0 Å². The average Bonchev–Trinajstić information content (AvgIpc) is 3.49. The number of rotatable bonds is 6. The Morgan fingerprint density at radius 3 is 2.66 bits per heavy atom. The van der Waals surface area contributed by atoms with Gasteiger partial charge < -0.3 is 5.43 Å². The molecule has 4 heterocycles. The first-order valence-corrected chi connectivity index (χ1v) is 12.3. The second kappa shape index (κ2) is 7.94. The summed E-state index contributed by atoms with van der Waals surface area (Å²) in [7, 11) is -3.43. The molecule has 3 aliphatic heterocycles. The molecule has 9 heteroatoms. The lowest BCUT2D eigenvalue weighted by atomic mass is 9.98. The molecule has 158 valence electrons. The Balaban J connectivity index is 1.32. The van der Waals surface area contributed by atoms with Crippen LogP contribution in [0.25, 0.3) is 0 Å². The minimum Gasteiger partial charge on any atom is -0.308 e. The molecule has 29 heavy (non-hydrogen) atoms. The number of hydrogen-bond donors (Lipinski definition) is 2. The van der Waals surface area contributed by atoms with Gasteiger partial charge in [0.25, 0.3) is 10.2 Å². The molecule has 8 nitrogen and oxygen atoms in total. The molecule has 1 aliphatic carbocycles. The van der Waals surface area contributed by atoms with Crippen LogP contribution in [0.2, 0.25) is 0 Å². The van der Waals surface area contributed by atoms with Crippen molar-refractivity contribution < 1.29 is 8.42 Å². The molecule has 3 fully saturated rings. The number of amidine groups is 1. The zero-order valence-corrected chi connectivity index (χ0v) is 17.5. The van der Waals surface area contributed by atoms with E-state index in [1.165, 1.54) is 5.56 Å². The Bertz CT molecular complexity index is 855. The van der Waals surface area contributed by atoms with Crippen molar-refractivity contribution in [2.45, 2.75) is 69.6 Å². The van der Waals surface area contributed by atoms with E-state index in [0.717, 1.165) is 57.2 Å². The maximum absolute atomic E-state index is 13.5. The summed E-state index contributed by atoms with van der Waals surface area (Å²) in [6, 6.07) is 4.08. The first kappa shape index (κ1) is 19.4. The van der Waals surface area contributed by atoms with Crippen LogP contribution in [-0.2, 0) is 16.6 Å². The minimum absolute atomic E-state index is 0.0911. The van der Waals surface area contributed by atoms with E-state index in [2.05, 4.69) is 15.8 Å². The fourth-order valence-electron chi connectivity index (χ4n) is 5.44. The Morgan fingerprint density at radius 2 is 1.86 bits per heavy atom. The first-order chi connectivity index (χ1) is 14.1. The highest BCUT2D eigenvalue weighted by Gasteiger charge is 2.55. The van der Waals surface area contributed by atoms with Crippen molar-refractivity contribution in [2.24, 2.45) is 10.9 Å². The van der Waals surface area contributed by atoms with Crippen LogP contribution in [0.5, 0.6) is 0 Å². The molecule has 0 spiro atoms. The maximum Gasteiger partial charge on any atom is 0.282 e. The second-order valence-corrected chi connectivity index (χ2v) is 10.5. The fourth-order valence-corrected chi connectivity index (χ4v) is 7.59. The van der Waals surface area contributed by atoms with Crippen molar-refractivity contribution >= 4 is 16.0 Å². The Kier molecular flexibility index (Phi) is 5.32. The second-order valence-electron chi connectivity index (χ2n) is 8.66. The van der Waals surface area contributed by atoms with Crippen LogP contribution >= 0.6 is 0 Å². The van der Waals surface area contributed by atoms with Crippen LogP contribution in [0.1, 0.15) is 50.5 Å². The molecule has 2 bridgehead atoms. The van der Waals surface area contributed by atoms with Crippen molar-refractivity contribution in [1.82, 2.24) is 24.4 Å². The number of hydrogen-bond acceptors (Lipinski definition) is 6. The molecular formula is C20H30N6O2S. The van der Waals surface area contributed by atoms with Gasteiger partial charge in [-0.1, -0.05) is 6.42 Å². The van der Waals surface area contributed by atoms with Crippen LogP contribution in [-0.4, -0.2) is 59.2 Å². The van der Waals surface area contributed by atoms with Gasteiger partial charge in [-0.2, -0.15) is 17.0 Å². The number of piperidine rings is 2. The van der Waals surface area contributed by atoms with E-state index in [1.807, 2.05) is 16.4 Å². The molecule has 1 aromatic heterocycles. The smallest absolute Gasteiger partial charge is 0.282 e. The van der Waals surface area contributed by atoms with Crippen molar-refractivity contribution in [3.63, 3.8) is 0 Å². The molecule has 5 rings (SSSR count). The number of fused-ring (bicyclic) bond motifs is 2. The number of aromatic nitrogens is 1. The number of aliphatic imine (C=N–C) groups is 1. The van der Waals surface area contributed by atoms with E-state index in [0.29, 0.717) is 19.0 Å². The third kappa shape index (κ3) is 3.69. The molecule has 1 unspecified atom stereocenters. The van der Waals surface area contributed by atoms with Crippen molar-refractivity contribution in [1.29, 1.82) is 0 Å². The summed E-state index contributed by atoms with van der Waals surface area (Å²) >= 11 is 0. The number of aryl methyl sites for hydroxylation is 1. The quantitative estimate of drug-likeness (QED) is 0.730. The molecule has 0 aromatic carbocycles. The summed E-state index contributed by atoms with van der Waals surface area (Å²) < 4.78 is 30.5. The van der Waals surface area contributed by atoms with Crippen molar-refractivity contribution in [3.05, 3.63) is 30.1 Å². The summed E-state index contributed by atoms with van der Waals surface area (Å²) in [5.41, 5.74) is 7.72. The van der Waals surface area contributed by atoms with E-state index in [4.69, 9.17) is 4.99 Å². The number of hydrazine groups is 1. The molecule has 4 atom stereocenters. The number of nitrogens with zero attached hydrogens (tertiary/aromatic N) is 4. The number of pyridine rings is 1. The van der Waals surface area contributed by atoms with E-state index in [-0.39, 0.29) is 18.2 Å². The Morgan fingerprint density at radius 1 is 1.07 bits per heavy atom. The maximum atomic E-state index is 13.5. The Hall–Kier alpha value is -1.55. The zero-order chi connectivity index (χ0) is 19.8. The van der Waals surface area contributed by atoms with Gasteiger partial charge in [-0.15, -0.1) is 0 Å². The molecular weight excluding hydrogens is 388 g/mol. The first-order valence-electron chi connectivity index (χ1n) is 10.9. The van der Waals surface area contributed by atoms with Crippen LogP contribution in [0.15, 0.2) is 29.5 Å². The van der Waals surface area contributed by atoms with Gasteiger partial charge in [-0.05, 0) is 62.1 Å². The van der Waals surface area contributed by atoms with E-state index in [1.54, 1.807) is 16.7 Å². The highest BCUT2D eigenvalue weighted by atomic mass is 32.2. The third-order valence-corrected chi connectivity index (χ3v) is 8.96. The normalized spacial score (nSPS) is 33.0. The fraction of sp³-hybridized carbons (Fsp3) is 0.700. The SMILES string of the molecule is O=S(=O)(N1CCCCC1)N1[C@@H]2CC[C@@H](C2)[C@H]1C1N=C(CCc2ccncc2)NN1. The Labute approximate surface area is 172 Å². The summed E-state index contributed by atoms with van der Waals surface area (Å²) in [6.07, 6.45) is 11.2. The van der Waals surface area contributed by atoms with E-state index in [9.17, 15) is 8.42 Å². The van der Waals surface area contributed by atoms with Gasteiger partial charge in [0, 0.05) is 37.9 Å². The molecule has 0 amide bonds. The van der Waals surface area contributed by atoms with Gasteiger partial charge in [0.2, 0.25) is 0 Å². The van der Waals surface area contributed by atoms with Crippen LogP contribution in [0, 0.1) is 5.92 Å². The molecule has 2 N–H and O–H groups in total. The predicted octanol–water partition coefficient (Wildman–Crippen LogP) is 1.43. The summed E-state index contributed by atoms with van der Waals surface area (Å²) in [5.74, 6) is 1.30. The highest BCUT2D eigenvalue weighted by Crippen LogP contribution is 2.46. The average molecular weight is 419 g/mol. The predicted molar refractivity (Wildman–Crippen MR) is 111 cm³/mol. The lowest BCUT2D eigenvalue weighted by molar-refractivity contribution is 0.181. The van der Waals surface area contributed by atoms with E-state index < -0.39 is 10.2 Å². The summed E-state index contributed by atoms with van der Waals surface area (Å²) in [4.78, 5) is 8.92. The monoisotopic (exact) mass is 418 g/mol. The topological polar surface area (TPSA) is 89.9 Å². The molecule has 1 aromatic rings. The van der Waals surface area contributed by atoms with Crippen LogP contribution in [0.4, 0.5) is 0 Å². The molecule has 0 radical (unpaired) electrons. The lowest BCUT2D eigenvalue weighted by Crippen LogP contribution is -2.58. The van der Waals surface area contributed by atoms with Gasteiger partial charge >= 0.3 is 0 Å². The lowest BCUT2D eigenvalue weighted by Gasteiger charge is -2.40. The van der Waals surface area contributed by atoms with Gasteiger partial charge in [-0.3, -0.25) is 4.98 Å². The third-order valence-electron chi connectivity index (χ3n) is 6.87. The van der Waals surface area contributed by atoms with Gasteiger partial charge in [-0.25, -0.2) is 10.4 Å². The standard InChI is InChI=1S/C20H30N6O2S/c27-29(28,25-12-2-1-3-13-25)26-17-6-5-16(14-17)19(26)20-22-18(23-24-20)7-4-15-8-10-21-11-9-15/h8-11,16-17,19-20,24H,1-7,12-14H2,(H,22,23)/t16-,17+,19-,20?/m0/s1. The summed E-state index contributed by atoms with van der Waals surface area (Å²) in [5, 5.41) is 0. The highest BCUT2D eigenvalue weighted by molar-refractivity contribution is 7.86. The minimum atomic E-state index is -3.43. The largest absolute Gasteiger partial charge is 0.308 e. The molecule has 4 aliphatic rings. The number of nitrogens with one attached hydrogen (secondary N) is 2. The van der Waals surface area contributed by atoms with Crippen molar-refractivity contribution in [2.75, 3.05) is 13.1 Å². The summed E-state index contributed by atoms with van der Waals surface area (Å²) in [6.45, 7) is 1.31. The van der Waals surface area contributed by atoms with Crippen LogP contribution in [0.3, 0.4) is 0 Å². The van der Waals surface area contributed by atoms with Gasteiger partial charge in [0.1, 0.15) is 12.0 Å².